The molecule has 7 nitrogen and oxygen atoms in total. The van der Waals surface area contributed by atoms with Crippen LogP contribution in [0.1, 0.15) is 37.5 Å². The SMILES string of the molecule is Cc1ccc(CN(C(=O)CN(c2cc(C(F)(F)F)ccc2Cl)S(=O)(=O)c2ccccc2)C(C)C(=O)NCC(C)C)cc1. The van der Waals surface area contributed by atoms with E-state index in [9.17, 15) is 31.2 Å². The standard InChI is InChI=1S/C30H33ClF3N3O4S/c1-20(2)17-35-29(39)22(4)36(18-23-12-10-21(3)11-13-23)28(38)19-37(42(40,41)25-8-6-5-7-9-25)27-16-24(30(32,33)34)14-15-26(27)31/h5-16,20,22H,17-19H2,1-4H3,(H,35,39). The number of alkyl halides is 3. The molecule has 226 valence electrons. The number of hydrogen-bond donors (Lipinski definition) is 1. The highest BCUT2D eigenvalue weighted by molar-refractivity contribution is 7.92. The Morgan fingerprint density at radius 1 is 0.952 bits per heavy atom. The zero-order valence-electron chi connectivity index (χ0n) is 23.7. The second-order valence-electron chi connectivity index (χ2n) is 10.3. The van der Waals surface area contributed by atoms with Gasteiger partial charge in [0.15, 0.2) is 0 Å². The van der Waals surface area contributed by atoms with Gasteiger partial charge in [0, 0.05) is 13.1 Å². The monoisotopic (exact) mass is 623 g/mol. The normalized spacial score (nSPS) is 12.6. The molecule has 1 atom stereocenters. The van der Waals surface area contributed by atoms with Gasteiger partial charge in [0.25, 0.3) is 10.0 Å². The maximum Gasteiger partial charge on any atom is 0.416 e. The summed E-state index contributed by atoms with van der Waals surface area (Å²) in [6, 6.07) is 15.4. The first-order chi connectivity index (χ1) is 19.6. The highest BCUT2D eigenvalue weighted by Crippen LogP contribution is 2.37. The van der Waals surface area contributed by atoms with Crippen molar-refractivity contribution < 1.29 is 31.2 Å². The number of aryl methyl sites for hydroxylation is 1. The first kappa shape index (κ1) is 32.9. The maximum absolute atomic E-state index is 13.9. The average molecular weight is 624 g/mol. The van der Waals surface area contributed by atoms with Crippen LogP contribution in [0.5, 0.6) is 0 Å². The molecule has 0 aliphatic heterocycles. The van der Waals surface area contributed by atoms with Crippen LogP contribution in [0.4, 0.5) is 18.9 Å². The van der Waals surface area contributed by atoms with E-state index in [2.05, 4.69) is 5.32 Å². The molecule has 0 aliphatic rings. The summed E-state index contributed by atoms with van der Waals surface area (Å²) in [5.41, 5.74) is -0.0119. The molecular formula is C30H33ClF3N3O4S. The Labute approximate surface area is 249 Å². The smallest absolute Gasteiger partial charge is 0.354 e. The highest BCUT2D eigenvalue weighted by atomic mass is 35.5. The fourth-order valence-corrected chi connectivity index (χ4v) is 5.75. The Balaban J connectivity index is 2.10. The number of carbonyl (C=O) groups excluding carboxylic acids is 2. The second-order valence-corrected chi connectivity index (χ2v) is 12.6. The quantitative estimate of drug-likeness (QED) is 0.282. The molecule has 0 spiro atoms. The summed E-state index contributed by atoms with van der Waals surface area (Å²) >= 11 is 6.26. The van der Waals surface area contributed by atoms with Gasteiger partial charge in [-0.3, -0.25) is 13.9 Å². The molecule has 0 heterocycles. The van der Waals surface area contributed by atoms with Gasteiger partial charge in [0.05, 0.1) is 21.2 Å². The van der Waals surface area contributed by atoms with Crippen molar-refractivity contribution in [2.24, 2.45) is 5.92 Å². The van der Waals surface area contributed by atoms with Gasteiger partial charge in [-0.05, 0) is 55.7 Å². The molecule has 12 heteroatoms. The van der Waals surface area contributed by atoms with Gasteiger partial charge < -0.3 is 10.2 Å². The van der Waals surface area contributed by atoms with Crippen molar-refractivity contribution in [1.29, 1.82) is 0 Å². The van der Waals surface area contributed by atoms with E-state index in [1.807, 2.05) is 32.9 Å². The van der Waals surface area contributed by atoms with Gasteiger partial charge in [0.1, 0.15) is 12.6 Å². The summed E-state index contributed by atoms with van der Waals surface area (Å²) in [7, 11) is -4.58. The number of carbonyl (C=O) groups is 2. The fraction of sp³-hybridized carbons (Fsp3) is 0.333. The summed E-state index contributed by atoms with van der Waals surface area (Å²) in [6.07, 6.45) is -4.80. The lowest BCUT2D eigenvalue weighted by Crippen LogP contribution is -2.51. The molecule has 42 heavy (non-hydrogen) atoms. The summed E-state index contributed by atoms with van der Waals surface area (Å²) in [5.74, 6) is -1.13. The predicted molar refractivity (Wildman–Crippen MR) is 156 cm³/mol. The minimum absolute atomic E-state index is 0.0507. The summed E-state index contributed by atoms with van der Waals surface area (Å²) in [5, 5.41) is 2.47. The first-order valence-corrected chi connectivity index (χ1v) is 15.0. The third kappa shape index (κ3) is 8.25. The third-order valence-corrected chi connectivity index (χ3v) is 8.57. The molecule has 0 fully saturated rings. The van der Waals surface area contributed by atoms with Crippen molar-refractivity contribution in [3.05, 3.63) is 94.5 Å². The zero-order chi connectivity index (χ0) is 31.2. The third-order valence-electron chi connectivity index (χ3n) is 6.48. The number of benzene rings is 3. The zero-order valence-corrected chi connectivity index (χ0v) is 25.2. The molecule has 0 saturated heterocycles. The minimum Gasteiger partial charge on any atom is -0.354 e. The van der Waals surface area contributed by atoms with Crippen molar-refractivity contribution in [3.63, 3.8) is 0 Å². The van der Waals surface area contributed by atoms with Crippen molar-refractivity contribution in [3.8, 4) is 0 Å². The van der Waals surface area contributed by atoms with Crippen LogP contribution in [0.3, 0.4) is 0 Å². The number of anilines is 1. The van der Waals surface area contributed by atoms with Crippen molar-refractivity contribution >= 4 is 39.1 Å². The van der Waals surface area contributed by atoms with Crippen LogP contribution in [0.2, 0.25) is 5.02 Å². The number of hydrogen-bond acceptors (Lipinski definition) is 4. The van der Waals surface area contributed by atoms with Crippen LogP contribution >= 0.6 is 11.6 Å². The lowest BCUT2D eigenvalue weighted by molar-refractivity contribution is -0.139. The second kappa shape index (κ2) is 13.6. The Kier molecular flexibility index (Phi) is 10.7. The molecule has 3 rings (SSSR count). The Morgan fingerprint density at radius 2 is 1.57 bits per heavy atom. The van der Waals surface area contributed by atoms with Crippen LogP contribution in [0.25, 0.3) is 0 Å². The molecule has 0 saturated carbocycles. The Hall–Kier alpha value is -3.57. The predicted octanol–water partition coefficient (Wildman–Crippen LogP) is 6.05. The molecule has 1 N–H and O–H groups in total. The largest absolute Gasteiger partial charge is 0.416 e. The van der Waals surface area contributed by atoms with Gasteiger partial charge in [-0.15, -0.1) is 0 Å². The van der Waals surface area contributed by atoms with Crippen molar-refractivity contribution in [1.82, 2.24) is 10.2 Å². The van der Waals surface area contributed by atoms with E-state index >= 15 is 0 Å². The van der Waals surface area contributed by atoms with E-state index in [0.29, 0.717) is 22.5 Å². The van der Waals surface area contributed by atoms with Crippen LogP contribution in [0, 0.1) is 12.8 Å². The van der Waals surface area contributed by atoms with Crippen molar-refractivity contribution in [2.75, 3.05) is 17.4 Å². The molecule has 3 aromatic rings. The van der Waals surface area contributed by atoms with Crippen LogP contribution < -0.4 is 9.62 Å². The van der Waals surface area contributed by atoms with Gasteiger partial charge in [-0.25, -0.2) is 8.42 Å². The topological polar surface area (TPSA) is 86.8 Å². The lowest BCUT2D eigenvalue weighted by atomic mass is 10.1. The first-order valence-electron chi connectivity index (χ1n) is 13.2. The molecule has 0 aliphatic carbocycles. The van der Waals surface area contributed by atoms with Gasteiger partial charge in [-0.1, -0.05) is 73.5 Å². The van der Waals surface area contributed by atoms with Crippen molar-refractivity contribution in [2.45, 2.75) is 51.4 Å². The number of amides is 2. The van der Waals surface area contributed by atoms with E-state index < -0.39 is 51.9 Å². The minimum atomic E-state index is -4.80. The lowest BCUT2D eigenvalue weighted by Gasteiger charge is -2.32. The molecule has 0 bridgehead atoms. The van der Waals surface area contributed by atoms with E-state index in [0.717, 1.165) is 17.7 Å². The summed E-state index contributed by atoms with van der Waals surface area (Å²) in [6.45, 7) is 6.60. The Morgan fingerprint density at radius 3 is 2.14 bits per heavy atom. The van der Waals surface area contributed by atoms with Crippen LogP contribution in [-0.2, 0) is 32.3 Å². The van der Waals surface area contributed by atoms with Gasteiger partial charge in [-0.2, -0.15) is 13.2 Å². The van der Waals surface area contributed by atoms with Crippen LogP contribution in [-0.4, -0.2) is 44.3 Å². The molecule has 1 unspecified atom stereocenters. The summed E-state index contributed by atoms with van der Waals surface area (Å²) in [4.78, 5) is 27.9. The summed E-state index contributed by atoms with van der Waals surface area (Å²) < 4.78 is 69.1. The van der Waals surface area contributed by atoms with Gasteiger partial charge in [0.2, 0.25) is 11.8 Å². The number of nitrogens with one attached hydrogen (secondary N) is 1. The van der Waals surface area contributed by atoms with Gasteiger partial charge >= 0.3 is 6.18 Å². The fourth-order valence-electron chi connectivity index (χ4n) is 4.04. The maximum atomic E-state index is 13.9. The van der Waals surface area contributed by atoms with E-state index in [1.165, 1.54) is 36.1 Å². The highest BCUT2D eigenvalue weighted by Gasteiger charge is 2.36. The number of sulfonamides is 1. The number of rotatable bonds is 11. The van der Waals surface area contributed by atoms with E-state index in [-0.39, 0.29) is 22.4 Å². The number of nitrogens with zero attached hydrogens (tertiary/aromatic N) is 2. The van der Waals surface area contributed by atoms with E-state index in [4.69, 9.17) is 11.6 Å². The van der Waals surface area contributed by atoms with E-state index in [1.54, 1.807) is 18.2 Å². The molecular weight excluding hydrogens is 591 g/mol. The molecule has 2 amide bonds. The number of halogens is 4. The Bertz CT molecular complexity index is 1500. The molecule has 3 aromatic carbocycles. The van der Waals surface area contributed by atoms with Crippen LogP contribution in [0.15, 0.2) is 77.7 Å². The molecule has 0 aromatic heterocycles. The molecule has 0 radical (unpaired) electrons. The average Bonchev–Trinajstić information content (AvgIpc) is 2.94.